The Balaban J connectivity index is 2.26. The number of benzene rings is 1. The highest BCUT2D eigenvalue weighted by molar-refractivity contribution is 5.67. The predicted molar refractivity (Wildman–Crippen MR) is 65.6 cm³/mol. The van der Waals surface area contributed by atoms with E-state index in [-0.39, 0.29) is 11.4 Å². The largest absolute Gasteiger partial charge is 0.325 e. The molecule has 0 heterocycles. The highest BCUT2D eigenvalue weighted by atomic mass is 19.1. The van der Waals surface area contributed by atoms with Gasteiger partial charge in [0, 0.05) is 5.54 Å². The maximum Gasteiger partial charge on any atom is 0.126 e. The summed E-state index contributed by atoms with van der Waals surface area (Å²) in [6, 6.07) is 5.45. The molecule has 0 fully saturated rings. The van der Waals surface area contributed by atoms with Crippen LogP contribution in [0.5, 0.6) is 0 Å². The average molecular weight is 219 g/mol. The molecule has 86 valence electrons. The van der Waals surface area contributed by atoms with Gasteiger partial charge in [0.25, 0.3) is 0 Å². The normalized spacial score (nSPS) is 25.4. The lowest BCUT2D eigenvalue weighted by Crippen LogP contribution is -2.37. The van der Waals surface area contributed by atoms with Crippen molar-refractivity contribution >= 4 is 5.57 Å². The van der Waals surface area contributed by atoms with Crippen LogP contribution in [0.25, 0.3) is 5.57 Å². The number of hydrogen-bond donors (Lipinski definition) is 1. The van der Waals surface area contributed by atoms with Crippen molar-refractivity contribution in [3.63, 3.8) is 0 Å². The standard InChI is InChI=1S/C14H18FN/c1-10-3-4-12(9-13(10)15)11-5-7-14(2,16)8-6-11/h3-5,9H,6-8,16H2,1-2H3. The van der Waals surface area contributed by atoms with E-state index in [1.807, 2.05) is 12.1 Å². The van der Waals surface area contributed by atoms with E-state index in [0.29, 0.717) is 5.56 Å². The molecule has 0 radical (unpaired) electrons. The van der Waals surface area contributed by atoms with Crippen LogP contribution in [0.2, 0.25) is 0 Å². The highest BCUT2D eigenvalue weighted by Gasteiger charge is 2.22. The number of allylic oxidation sites excluding steroid dienone is 1. The third-order valence-corrected chi connectivity index (χ3v) is 3.32. The summed E-state index contributed by atoms with van der Waals surface area (Å²) in [6.07, 6.45) is 4.93. The van der Waals surface area contributed by atoms with Gasteiger partial charge in [-0.3, -0.25) is 0 Å². The van der Waals surface area contributed by atoms with Crippen LogP contribution in [0.15, 0.2) is 24.3 Å². The van der Waals surface area contributed by atoms with Gasteiger partial charge in [0.2, 0.25) is 0 Å². The molecule has 1 unspecified atom stereocenters. The van der Waals surface area contributed by atoms with Crippen LogP contribution in [0, 0.1) is 12.7 Å². The van der Waals surface area contributed by atoms with Gasteiger partial charge in [-0.2, -0.15) is 0 Å². The second-order valence-corrected chi connectivity index (χ2v) is 5.05. The van der Waals surface area contributed by atoms with E-state index in [9.17, 15) is 4.39 Å². The van der Waals surface area contributed by atoms with Crippen LogP contribution in [0.3, 0.4) is 0 Å². The summed E-state index contributed by atoms with van der Waals surface area (Å²) in [4.78, 5) is 0. The highest BCUT2D eigenvalue weighted by Crippen LogP contribution is 2.31. The topological polar surface area (TPSA) is 26.0 Å². The lowest BCUT2D eigenvalue weighted by molar-refractivity contribution is 0.432. The van der Waals surface area contributed by atoms with Gasteiger partial charge in [-0.05, 0) is 55.9 Å². The summed E-state index contributed by atoms with van der Waals surface area (Å²) in [7, 11) is 0. The van der Waals surface area contributed by atoms with Crippen molar-refractivity contribution in [2.75, 3.05) is 0 Å². The molecule has 0 bridgehead atoms. The zero-order valence-corrected chi connectivity index (χ0v) is 9.89. The average Bonchev–Trinajstić information content (AvgIpc) is 2.22. The number of nitrogens with two attached hydrogens (primary N) is 1. The molecule has 1 aromatic carbocycles. The quantitative estimate of drug-likeness (QED) is 0.769. The Hall–Kier alpha value is -1.15. The predicted octanol–water partition coefficient (Wildman–Crippen LogP) is 3.42. The molecule has 0 spiro atoms. The molecule has 2 rings (SSSR count). The molecule has 1 aliphatic carbocycles. The SMILES string of the molecule is Cc1ccc(C2=CCC(C)(N)CC2)cc1F. The fraction of sp³-hybridized carbons (Fsp3) is 0.429. The fourth-order valence-electron chi connectivity index (χ4n) is 2.04. The molecule has 1 aromatic rings. The maximum atomic E-state index is 13.4. The Morgan fingerprint density at radius 2 is 2.12 bits per heavy atom. The molecule has 0 aromatic heterocycles. The van der Waals surface area contributed by atoms with E-state index in [0.717, 1.165) is 24.8 Å². The lowest BCUT2D eigenvalue weighted by atomic mass is 9.82. The maximum absolute atomic E-state index is 13.4. The van der Waals surface area contributed by atoms with E-state index in [2.05, 4.69) is 13.0 Å². The zero-order valence-electron chi connectivity index (χ0n) is 9.89. The second kappa shape index (κ2) is 4.02. The minimum atomic E-state index is -0.125. The van der Waals surface area contributed by atoms with Gasteiger partial charge in [0.1, 0.15) is 5.82 Å². The van der Waals surface area contributed by atoms with E-state index in [4.69, 9.17) is 5.73 Å². The molecule has 0 aliphatic heterocycles. The minimum Gasteiger partial charge on any atom is -0.325 e. The van der Waals surface area contributed by atoms with E-state index < -0.39 is 0 Å². The Kier molecular flexibility index (Phi) is 2.85. The number of aryl methyl sites for hydroxylation is 1. The third kappa shape index (κ3) is 2.33. The molecule has 1 aliphatic rings. The number of hydrogen-bond acceptors (Lipinski definition) is 1. The van der Waals surface area contributed by atoms with Gasteiger partial charge >= 0.3 is 0 Å². The summed E-state index contributed by atoms with van der Waals surface area (Å²) in [6.45, 7) is 3.85. The molecular formula is C14H18FN. The summed E-state index contributed by atoms with van der Waals surface area (Å²) in [5, 5.41) is 0. The van der Waals surface area contributed by atoms with Gasteiger partial charge in [-0.25, -0.2) is 4.39 Å². The minimum absolute atomic E-state index is 0.0905. The summed E-state index contributed by atoms with van der Waals surface area (Å²) in [5.74, 6) is -0.125. The van der Waals surface area contributed by atoms with Gasteiger partial charge in [-0.1, -0.05) is 18.2 Å². The van der Waals surface area contributed by atoms with Crippen LogP contribution in [0.4, 0.5) is 4.39 Å². The van der Waals surface area contributed by atoms with Crippen LogP contribution in [-0.4, -0.2) is 5.54 Å². The first-order valence-electron chi connectivity index (χ1n) is 5.72. The Morgan fingerprint density at radius 1 is 1.38 bits per heavy atom. The van der Waals surface area contributed by atoms with Crippen LogP contribution in [-0.2, 0) is 0 Å². The first kappa shape index (κ1) is 11.3. The van der Waals surface area contributed by atoms with E-state index in [1.165, 1.54) is 5.57 Å². The molecule has 16 heavy (non-hydrogen) atoms. The molecule has 0 saturated carbocycles. The van der Waals surface area contributed by atoms with Crippen LogP contribution in [0.1, 0.15) is 37.3 Å². The summed E-state index contributed by atoms with van der Waals surface area (Å²) in [5.41, 5.74) is 8.88. The second-order valence-electron chi connectivity index (χ2n) is 5.05. The van der Waals surface area contributed by atoms with Crippen molar-refractivity contribution in [3.8, 4) is 0 Å². The zero-order chi connectivity index (χ0) is 11.8. The molecule has 2 heteroatoms. The van der Waals surface area contributed by atoms with E-state index in [1.54, 1.807) is 13.0 Å². The summed E-state index contributed by atoms with van der Waals surface area (Å²) >= 11 is 0. The fourth-order valence-corrected chi connectivity index (χ4v) is 2.04. The Labute approximate surface area is 96.2 Å². The lowest BCUT2D eigenvalue weighted by Gasteiger charge is -2.28. The van der Waals surface area contributed by atoms with E-state index >= 15 is 0 Å². The van der Waals surface area contributed by atoms with Gasteiger partial charge in [-0.15, -0.1) is 0 Å². The van der Waals surface area contributed by atoms with Gasteiger partial charge in [0.15, 0.2) is 0 Å². The van der Waals surface area contributed by atoms with Crippen LogP contribution >= 0.6 is 0 Å². The number of rotatable bonds is 1. The van der Waals surface area contributed by atoms with Crippen LogP contribution < -0.4 is 5.73 Å². The van der Waals surface area contributed by atoms with Gasteiger partial charge < -0.3 is 5.73 Å². The molecule has 2 N–H and O–H groups in total. The molecule has 0 saturated heterocycles. The molecule has 1 atom stereocenters. The van der Waals surface area contributed by atoms with Crippen molar-refractivity contribution in [3.05, 3.63) is 41.2 Å². The first-order valence-corrected chi connectivity index (χ1v) is 5.72. The smallest absolute Gasteiger partial charge is 0.126 e. The van der Waals surface area contributed by atoms with Crippen molar-refractivity contribution in [1.29, 1.82) is 0 Å². The van der Waals surface area contributed by atoms with Crippen molar-refractivity contribution in [2.45, 2.75) is 38.6 Å². The summed E-state index contributed by atoms with van der Waals surface area (Å²) < 4.78 is 13.4. The van der Waals surface area contributed by atoms with Gasteiger partial charge in [0.05, 0.1) is 0 Å². The number of halogens is 1. The third-order valence-electron chi connectivity index (χ3n) is 3.32. The first-order chi connectivity index (χ1) is 7.48. The van der Waals surface area contributed by atoms with Crippen molar-refractivity contribution < 1.29 is 4.39 Å². The Morgan fingerprint density at radius 3 is 2.69 bits per heavy atom. The Bertz CT molecular complexity index is 432. The van der Waals surface area contributed by atoms with Crippen molar-refractivity contribution in [2.24, 2.45) is 5.73 Å². The monoisotopic (exact) mass is 219 g/mol. The molecular weight excluding hydrogens is 201 g/mol. The molecule has 0 amide bonds. The molecule has 1 nitrogen and oxygen atoms in total. The van der Waals surface area contributed by atoms with Crippen molar-refractivity contribution in [1.82, 2.24) is 0 Å².